The van der Waals surface area contributed by atoms with E-state index in [-0.39, 0.29) is 17.4 Å². The van der Waals surface area contributed by atoms with Gasteiger partial charge in [-0.1, -0.05) is 24.3 Å². The van der Waals surface area contributed by atoms with E-state index >= 15 is 0 Å². The summed E-state index contributed by atoms with van der Waals surface area (Å²) in [6.45, 7) is 0. The van der Waals surface area contributed by atoms with Gasteiger partial charge in [0.05, 0.1) is 11.8 Å². The Morgan fingerprint density at radius 3 is 2.79 bits per heavy atom. The molecule has 0 N–H and O–H groups in total. The van der Waals surface area contributed by atoms with E-state index in [2.05, 4.69) is 0 Å². The number of hydrogen-bond donors (Lipinski definition) is 0. The van der Waals surface area contributed by atoms with Crippen LogP contribution in [0.25, 0.3) is 0 Å². The number of carbonyl (C=O) groups excluding carboxylic acids is 2. The van der Waals surface area contributed by atoms with Crippen molar-refractivity contribution < 1.29 is 9.59 Å². The van der Waals surface area contributed by atoms with E-state index in [9.17, 15) is 9.59 Å². The van der Waals surface area contributed by atoms with E-state index in [1.54, 1.807) is 6.07 Å². The second kappa shape index (κ2) is 3.54. The molecule has 72 valence electrons. The molecular weight excluding hydrogens is 200 g/mol. The Hall–Kier alpha value is -1.15. The predicted octanol–water partition coefficient (Wildman–Crippen LogP) is 1.85. The molecule has 1 unspecified atom stereocenters. The Morgan fingerprint density at radius 1 is 1.43 bits per heavy atom. The van der Waals surface area contributed by atoms with Crippen LogP contribution in [0.1, 0.15) is 15.9 Å². The van der Waals surface area contributed by atoms with Crippen molar-refractivity contribution in [2.24, 2.45) is 5.92 Å². The maximum absolute atomic E-state index is 11.7. The van der Waals surface area contributed by atoms with Gasteiger partial charge in [0.25, 0.3) is 0 Å². The smallest absolute Gasteiger partial charge is 0.173 e. The molecular formula is C11H9ClO2. The lowest BCUT2D eigenvalue weighted by atomic mass is 10.0. The number of rotatable bonds is 2. The van der Waals surface area contributed by atoms with E-state index < -0.39 is 5.92 Å². The van der Waals surface area contributed by atoms with Crippen LogP contribution in [-0.2, 0) is 11.2 Å². The molecule has 0 aliphatic heterocycles. The molecule has 0 heterocycles. The Morgan fingerprint density at radius 2 is 2.14 bits per heavy atom. The molecule has 0 fully saturated rings. The molecule has 14 heavy (non-hydrogen) atoms. The molecule has 3 heteroatoms. The molecule has 0 amide bonds. The zero-order valence-corrected chi connectivity index (χ0v) is 8.25. The van der Waals surface area contributed by atoms with Crippen LogP contribution >= 0.6 is 11.6 Å². The average molecular weight is 209 g/mol. The van der Waals surface area contributed by atoms with Gasteiger partial charge in [-0.05, 0) is 12.0 Å². The number of Topliss-reactive ketones (excluding diaryl/α,β-unsaturated/α-hetero) is 2. The second-order valence-electron chi connectivity index (χ2n) is 3.38. The molecule has 2 rings (SSSR count). The third-order valence-corrected chi connectivity index (χ3v) is 2.81. The molecule has 0 saturated heterocycles. The summed E-state index contributed by atoms with van der Waals surface area (Å²) in [5.74, 6) is -0.867. The molecule has 1 aliphatic rings. The van der Waals surface area contributed by atoms with E-state index in [0.717, 1.165) is 5.56 Å². The average Bonchev–Trinajstić information content (AvgIpc) is 2.56. The minimum Gasteiger partial charge on any atom is -0.298 e. The highest BCUT2D eigenvalue weighted by Crippen LogP contribution is 2.27. The first kappa shape index (κ1) is 9.41. The van der Waals surface area contributed by atoms with Crippen LogP contribution in [0.4, 0.5) is 0 Å². The number of ketones is 2. The van der Waals surface area contributed by atoms with Crippen molar-refractivity contribution in [1.29, 1.82) is 0 Å². The fraction of sp³-hybridized carbons (Fsp3) is 0.273. The fourth-order valence-electron chi connectivity index (χ4n) is 1.79. The third kappa shape index (κ3) is 1.36. The number of hydrogen-bond acceptors (Lipinski definition) is 2. The van der Waals surface area contributed by atoms with Gasteiger partial charge in [0, 0.05) is 5.56 Å². The molecule has 1 aromatic rings. The van der Waals surface area contributed by atoms with E-state index in [1.807, 2.05) is 18.2 Å². The van der Waals surface area contributed by atoms with Gasteiger partial charge in [0.1, 0.15) is 0 Å². The summed E-state index contributed by atoms with van der Waals surface area (Å²) >= 11 is 5.44. The number of benzene rings is 1. The van der Waals surface area contributed by atoms with Crippen molar-refractivity contribution in [3.63, 3.8) is 0 Å². The monoisotopic (exact) mass is 208 g/mol. The summed E-state index contributed by atoms with van der Waals surface area (Å²) in [6.07, 6.45) is 0.514. The Bertz CT molecular complexity index is 398. The lowest BCUT2D eigenvalue weighted by Gasteiger charge is -2.01. The molecule has 1 atom stereocenters. The van der Waals surface area contributed by atoms with Gasteiger partial charge in [-0.3, -0.25) is 9.59 Å². The van der Waals surface area contributed by atoms with Crippen molar-refractivity contribution in [3.8, 4) is 0 Å². The molecule has 0 saturated carbocycles. The van der Waals surface area contributed by atoms with Crippen molar-refractivity contribution in [3.05, 3.63) is 35.4 Å². The topological polar surface area (TPSA) is 34.1 Å². The lowest BCUT2D eigenvalue weighted by molar-refractivity contribution is -0.118. The Kier molecular flexibility index (Phi) is 2.38. The largest absolute Gasteiger partial charge is 0.298 e. The van der Waals surface area contributed by atoms with Gasteiger partial charge >= 0.3 is 0 Å². The lowest BCUT2D eigenvalue weighted by Crippen LogP contribution is -2.21. The highest BCUT2D eigenvalue weighted by molar-refractivity contribution is 6.31. The highest BCUT2D eigenvalue weighted by atomic mass is 35.5. The number of alkyl halides is 1. The second-order valence-corrected chi connectivity index (χ2v) is 3.65. The molecule has 1 aromatic carbocycles. The SMILES string of the molecule is O=C(CCl)C1Cc2ccccc2C1=O. The van der Waals surface area contributed by atoms with Gasteiger partial charge in [-0.2, -0.15) is 0 Å². The van der Waals surface area contributed by atoms with Crippen LogP contribution in [0.15, 0.2) is 24.3 Å². The third-order valence-electron chi connectivity index (χ3n) is 2.54. The van der Waals surface area contributed by atoms with Crippen molar-refractivity contribution in [1.82, 2.24) is 0 Å². The van der Waals surface area contributed by atoms with Gasteiger partial charge in [0.15, 0.2) is 11.6 Å². The summed E-state index contributed by atoms with van der Waals surface area (Å²) in [6, 6.07) is 7.33. The van der Waals surface area contributed by atoms with Crippen LogP contribution < -0.4 is 0 Å². The molecule has 2 nitrogen and oxygen atoms in total. The summed E-state index contributed by atoms with van der Waals surface area (Å²) in [7, 11) is 0. The van der Waals surface area contributed by atoms with Crippen LogP contribution in [0.2, 0.25) is 0 Å². The summed E-state index contributed by atoms with van der Waals surface area (Å²) in [5, 5.41) is 0. The maximum atomic E-state index is 11.7. The van der Waals surface area contributed by atoms with Crippen molar-refractivity contribution in [2.45, 2.75) is 6.42 Å². The first-order valence-corrected chi connectivity index (χ1v) is 4.98. The molecule has 1 aliphatic carbocycles. The Balaban J connectivity index is 2.35. The van der Waals surface area contributed by atoms with Crippen LogP contribution in [-0.4, -0.2) is 17.4 Å². The van der Waals surface area contributed by atoms with Crippen LogP contribution in [0, 0.1) is 5.92 Å². The maximum Gasteiger partial charge on any atom is 0.173 e. The van der Waals surface area contributed by atoms with E-state index in [4.69, 9.17) is 11.6 Å². The molecule has 0 radical (unpaired) electrons. The summed E-state index contributed by atoms with van der Waals surface area (Å²) in [4.78, 5) is 23.1. The number of fused-ring (bicyclic) bond motifs is 1. The van der Waals surface area contributed by atoms with E-state index in [1.165, 1.54) is 0 Å². The minimum atomic E-state index is -0.537. The Labute approximate surface area is 86.9 Å². The van der Waals surface area contributed by atoms with Gasteiger partial charge in [-0.25, -0.2) is 0 Å². The molecule has 0 spiro atoms. The number of carbonyl (C=O) groups is 2. The zero-order valence-electron chi connectivity index (χ0n) is 7.50. The molecule has 0 bridgehead atoms. The van der Waals surface area contributed by atoms with Crippen molar-refractivity contribution in [2.75, 3.05) is 5.88 Å². The van der Waals surface area contributed by atoms with Gasteiger partial charge in [0.2, 0.25) is 0 Å². The quantitative estimate of drug-likeness (QED) is 0.549. The predicted molar refractivity (Wildman–Crippen MR) is 53.7 cm³/mol. The normalized spacial score (nSPS) is 19.5. The highest BCUT2D eigenvalue weighted by Gasteiger charge is 2.34. The summed E-state index contributed by atoms with van der Waals surface area (Å²) < 4.78 is 0. The van der Waals surface area contributed by atoms with E-state index in [0.29, 0.717) is 12.0 Å². The summed E-state index contributed by atoms with van der Waals surface area (Å²) in [5.41, 5.74) is 1.64. The van der Waals surface area contributed by atoms with Gasteiger partial charge < -0.3 is 0 Å². The van der Waals surface area contributed by atoms with Crippen LogP contribution in [0.5, 0.6) is 0 Å². The fourth-order valence-corrected chi connectivity index (χ4v) is 1.98. The zero-order chi connectivity index (χ0) is 10.1. The standard InChI is InChI=1S/C11H9ClO2/c12-6-10(13)9-5-7-3-1-2-4-8(7)11(9)14/h1-4,9H,5-6H2. The van der Waals surface area contributed by atoms with Gasteiger partial charge in [-0.15, -0.1) is 11.6 Å². The first-order chi connectivity index (χ1) is 6.74. The number of halogens is 1. The minimum absolute atomic E-state index is 0.0775. The van der Waals surface area contributed by atoms with Crippen molar-refractivity contribution >= 4 is 23.2 Å². The first-order valence-electron chi connectivity index (χ1n) is 4.45. The molecule has 0 aromatic heterocycles. The van der Waals surface area contributed by atoms with Crippen LogP contribution in [0.3, 0.4) is 0 Å².